The molecule has 0 N–H and O–H groups in total. The highest BCUT2D eigenvalue weighted by molar-refractivity contribution is 5.55. The number of anilines is 1. The van der Waals surface area contributed by atoms with Crippen LogP contribution in [0.4, 0.5) is 5.95 Å². The van der Waals surface area contributed by atoms with E-state index < -0.39 is 0 Å². The summed E-state index contributed by atoms with van der Waals surface area (Å²) in [6, 6.07) is 3.86. The number of hydrogen-bond acceptors (Lipinski definition) is 8. The van der Waals surface area contributed by atoms with Gasteiger partial charge < -0.3 is 23.8 Å². The summed E-state index contributed by atoms with van der Waals surface area (Å²) in [6.45, 7) is 6.43. The first kappa shape index (κ1) is 20.2. The fourth-order valence-corrected chi connectivity index (χ4v) is 3.56. The van der Waals surface area contributed by atoms with E-state index in [1.807, 2.05) is 16.8 Å². The Morgan fingerprint density at radius 3 is 2.57 bits per heavy atom. The zero-order chi connectivity index (χ0) is 20.1. The molecule has 1 aromatic carbocycles. The summed E-state index contributed by atoms with van der Waals surface area (Å²) in [4.78, 5) is 2.18. The van der Waals surface area contributed by atoms with E-state index in [-0.39, 0.29) is 12.2 Å². The maximum Gasteiger partial charge on any atom is 0.245 e. The summed E-state index contributed by atoms with van der Waals surface area (Å²) in [6.07, 6.45) is 2.12. The summed E-state index contributed by atoms with van der Waals surface area (Å²) < 4.78 is 24.1. The van der Waals surface area contributed by atoms with Crippen molar-refractivity contribution in [1.29, 1.82) is 0 Å². The second kappa shape index (κ2) is 9.09. The lowest BCUT2D eigenvalue weighted by Crippen LogP contribution is -2.27. The van der Waals surface area contributed by atoms with Crippen LogP contribution in [-0.2, 0) is 17.7 Å². The molecule has 9 nitrogen and oxygen atoms in total. The van der Waals surface area contributed by atoms with Gasteiger partial charge in [-0.3, -0.25) is 0 Å². The molecule has 1 aromatic heterocycles. The SMILES string of the molecule is COc1ccc(CCn2nnnc2N2CC[C@@H](OC(C)C)C2)c(OC)c1OC. The van der Waals surface area contributed by atoms with E-state index in [4.69, 9.17) is 18.9 Å². The Labute approximate surface area is 165 Å². The van der Waals surface area contributed by atoms with Gasteiger partial charge in [-0.2, -0.15) is 0 Å². The summed E-state index contributed by atoms with van der Waals surface area (Å²) >= 11 is 0. The van der Waals surface area contributed by atoms with Crippen LogP contribution in [0.25, 0.3) is 0 Å². The summed E-state index contributed by atoms with van der Waals surface area (Å²) in [7, 11) is 4.84. The zero-order valence-electron chi connectivity index (χ0n) is 17.2. The average molecular weight is 391 g/mol. The van der Waals surface area contributed by atoms with Crippen LogP contribution in [0.15, 0.2) is 12.1 Å². The molecule has 0 radical (unpaired) electrons. The Kier molecular flexibility index (Phi) is 6.56. The van der Waals surface area contributed by atoms with E-state index in [9.17, 15) is 0 Å². The minimum Gasteiger partial charge on any atom is -0.493 e. The Bertz CT molecular complexity index is 780. The van der Waals surface area contributed by atoms with Gasteiger partial charge in [-0.05, 0) is 43.2 Å². The van der Waals surface area contributed by atoms with Crippen LogP contribution >= 0.6 is 0 Å². The maximum atomic E-state index is 5.92. The van der Waals surface area contributed by atoms with Crippen LogP contribution in [0.3, 0.4) is 0 Å². The smallest absolute Gasteiger partial charge is 0.245 e. The van der Waals surface area contributed by atoms with Crippen molar-refractivity contribution in [1.82, 2.24) is 20.2 Å². The predicted octanol–water partition coefficient (Wildman–Crippen LogP) is 1.95. The molecule has 1 fully saturated rings. The molecule has 9 heteroatoms. The molecule has 0 saturated carbocycles. The molecule has 0 bridgehead atoms. The number of nitrogens with zero attached hydrogens (tertiary/aromatic N) is 5. The average Bonchev–Trinajstić information content (AvgIpc) is 3.33. The molecular formula is C19H29N5O4. The van der Waals surface area contributed by atoms with Gasteiger partial charge in [0.05, 0.1) is 40.1 Å². The van der Waals surface area contributed by atoms with E-state index in [1.165, 1.54) is 0 Å². The fourth-order valence-electron chi connectivity index (χ4n) is 3.56. The Balaban J connectivity index is 1.71. The van der Waals surface area contributed by atoms with E-state index in [0.717, 1.165) is 31.0 Å². The van der Waals surface area contributed by atoms with Crippen molar-refractivity contribution in [2.75, 3.05) is 39.3 Å². The number of aryl methyl sites for hydroxylation is 2. The molecule has 3 rings (SSSR count). The van der Waals surface area contributed by atoms with Crippen LogP contribution in [0.5, 0.6) is 17.2 Å². The number of methoxy groups -OCH3 is 3. The zero-order valence-corrected chi connectivity index (χ0v) is 17.2. The standard InChI is InChI=1S/C19H29N5O4/c1-13(2)28-15-9-10-23(12-15)19-20-21-22-24(19)11-8-14-6-7-16(25-3)18(27-5)17(14)26-4/h6-7,13,15H,8-12H2,1-5H3/t15-/m1/s1. The highest BCUT2D eigenvalue weighted by Gasteiger charge is 2.27. The highest BCUT2D eigenvalue weighted by atomic mass is 16.5. The highest BCUT2D eigenvalue weighted by Crippen LogP contribution is 2.40. The Hall–Kier alpha value is -2.55. The van der Waals surface area contributed by atoms with Crippen molar-refractivity contribution < 1.29 is 18.9 Å². The van der Waals surface area contributed by atoms with Crippen LogP contribution in [0, 0.1) is 0 Å². The first-order valence-corrected chi connectivity index (χ1v) is 9.51. The number of aromatic nitrogens is 4. The molecule has 2 aromatic rings. The van der Waals surface area contributed by atoms with Crippen LogP contribution in [0.1, 0.15) is 25.8 Å². The maximum absolute atomic E-state index is 5.92. The lowest BCUT2D eigenvalue weighted by atomic mass is 10.1. The minimum absolute atomic E-state index is 0.219. The molecular weight excluding hydrogens is 362 g/mol. The molecule has 1 saturated heterocycles. The number of tetrazole rings is 1. The third-order valence-electron chi connectivity index (χ3n) is 4.78. The number of hydrogen-bond donors (Lipinski definition) is 0. The van der Waals surface area contributed by atoms with Crippen LogP contribution in [0.2, 0.25) is 0 Å². The Morgan fingerprint density at radius 1 is 1.11 bits per heavy atom. The number of benzene rings is 1. The van der Waals surface area contributed by atoms with Gasteiger partial charge in [-0.1, -0.05) is 11.2 Å². The normalized spacial score (nSPS) is 16.6. The number of ether oxygens (including phenoxy) is 4. The van der Waals surface area contributed by atoms with E-state index in [1.54, 1.807) is 21.3 Å². The largest absolute Gasteiger partial charge is 0.493 e. The van der Waals surface area contributed by atoms with E-state index in [0.29, 0.717) is 30.2 Å². The first-order valence-electron chi connectivity index (χ1n) is 9.51. The van der Waals surface area contributed by atoms with Crippen molar-refractivity contribution >= 4 is 5.95 Å². The topological polar surface area (TPSA) is 83.8 Å². The van der Waals surface area contributed by atoms with Gasteiger partial charge >= 0.3 is 0 Å². The van der Waals surface area contributed by atoms with Crippen LogP contribution < -0.4 is 19.1 Å². The monoisotopic (exact) mass is 391 g/mol. The van der Waals surface area contributed by atoms with Crippen LogP contribution in [-0.4, -0.2) is 66.8 Å². The second-order valence-electron chi connectivity index (χ2n) is 6.99. The van der Waals surface area contributed by atoms with Gasteiger partial charge in [-0.25, -0.2) is 4.68 Å². The Morgan fingerprint density at radius 2 is 1.89 bits per heavy atom. The van der Waals surface area contributed by atoms with E-state index in [2.05, 4.69) is 34.3 Å². The second-order valence-corrected chi connectivity index (χ2v) is 6.99. The molecule has 154 valence electrons. The molecule has 28 heavy (non-hydrogen) atoms. The predicted molar refractivity (Wildman–Crippen MR) is 104 cm³/mol. The van der Waals surface area contributed by atoms with Gasteiger partial charge in [0.1, 0.15) is 0 Å². The molecule has 1 atom stereocenters. The summed E-state index contributed by atoms with van der Waals surface area (Å²) in [5, 5.41) is 12.3. The molecule has 2 heterocycles. The van der Waals surface area contributed by atoms with Gasteiger partial charge in [0.15, 0.2) is 11.5 Å². The third kappa shape index (κ3) is 4.30. The van der Waals surface area contributed by atoms with Crippen molar-refractivity contribution in [3.8, 4) is 17.2 Å². The first-order chi connectivity index (χ1) is 13.6. The van der Waals surface area contributed by atoms with Gasteiger partial charge in [0, 0.05) is 18.7 Å². The van der Waals surface area contributed by atoms with Gasteiger partial charge in [0.25, 0.3) is 0 Å². The van der Waals surface area contributed by atoms with Crippen molar-refractivity contribution in [2.45, 2.75) is 45.4 Å². The fraction of sp³-hybridized carbons (Fsp3) is 0.632. The molecule has 0 aliphatic carbocycles. The van der Waals surface area contributed by atoms with E-state index >= 15 is 0 Å². The molecule has 1 aliphatic heterocycles. The van der Waals surface area contributed by atoms with Crippen molar-refractivity contribution in [3.63, 3.8) is 0 Å². The summed E-state index contributed by atoms with van der Waals surface area (Å²) in [5.41, 5.74) is 1.00. The number of rotatable bonds is 9. The molecule has 0 spiro atoms. The molecule has 1 aliphatic rings. The van der Waals surface area contributed by atoms with Gasteiger partial charge in [-0.15, -0.1) is 0 Å². The van der Waals surface area contributed by atoms with Gasteiger partial charge in [0.2, 0.25) is 11.7 Å². The lowest BCUT2D eigenvalue weighted by molar-refractivity contribution is 0.0210. The lowest BCUT2D eigenvalue weighted by Gasteiger charge is -2.19. The molecule has 0 unspecified atom stereocenters. The minimum atomic E-state index is 0.219. The third-order valence-corrected chi connectivity index (χ3v) is 4.78. The van der Waals surface area contributed by atoms with Crippen molar-refractivity contribution in [3.05, 3.63) is 17.7 Å². The van der Waals surface area contributed by atoms with Crippen molar-refractivity contribution in [2.24, 2.45) is 0 Å². The summed E-state index contributed by atoms with van der Waals surface area (Å²) in [5.74, 6) is 2.67. The molecule has 0 amide bonds. The quantitative estimate of drug-likeness (QED) is 0.641.